The molecule has 0 atom stereocenters. The second-order valence-electron chi connectivity index (χ2n) is 5.20. The minimum Gasteiger partial charge on any atom is -0.506 e. The molecule has 0 unspecified atom stereocenters. The van der Waals surface area contributed by atoms with Crippen LogP contribution in [0, 0.1) is 13.8 Å². The largest absolute Gasteiger partial charge is 0.506 e. The first-order valence-electron chi connectivity index (χ1n) is 7.48. The standard InChI is InChI=1S/C17H22N4O/c1-5-21(6-2)14-7-8-15(16(22)10-14)19-20-17-13(4)9-12(3)11-18-17/h7-11,22H,5-6H2,1-4H3. The molecule has 0 fully saturated rings. The van der Waals surface area contributed by atoms with Crippen molar-refractivity contribution in [1.29, 1.82) is 0 Å². The summed E-state index contributed by atoms with van der Waals surface area (Å²) in [5, 5.41) is 18.4. The second kappa shape index (κ2) is 7.02. The second-order valence-corrected chi connectivity index (χ2v) is 5.20. The highest BCUT2D eigenvalue weighted by molar-refractivity contribution is 5.61. The molecule has 0 aliphatic rings. The van der Waals surface area contributed by atoms with Gasteiger partial charge in [-0.25, -0.2) is 4.98 Å². The average Bonchev–Trinajstić information content (AvgIpc) is 2.49. The van der Waals surface area contributed by atoms with Crippen LogP contribution >= 0.6 is 0 Å². The van der Waals surface area contributed by atoms with Crippen LogP contribution in [-0.4, -0.2) is 23.2 Å². The molecule has 0 radical (unpaired) electrons. The lowest BCUT2D eigenvalue weighted by Crippen LogP contribution is -2.21. The lowest BCUT2D eigenvalue weighted by Gasteiger charge is -2.21. The molecule has 0 saturated carbocycles. The van der Waals surface area contributed by atoms with Gasteiger partial charge in [-0.15, -0.1) is 10.2 Å². The van der Waals surface area contributed by atoms with Gasteiger partial charge in [0.25, 0.3) is 0 Å². The zero-order valence-corrected chi connectivity index (χ0v) is 13.5. The molecule has 0 amide bonds. The monoisotopic (exact) mass is 298 g/mol. The number of aryl methyl sites for hydroxylation is 2. The number of pyridine rings is 1. The van der Waals surface area contributed by atoms with E-state index in [0.29, 0.717) is 11.5 Å². The van der Waals surface area contributed by atoms with Gasteiger partial charge in [-0.05, 0) is 51.0 Å². The van der Waals surface area contributed by atoms with E-state index in [-0.39, 0.29) is 5.75 Å². The molecular weight excluding hydrogens is 276 g/mol. The fourth-order valence-electron chi connectivity index (χ4n) is 2.30. The number of hydrogen-bond donors (Lipinski definition) is 1. The number of phenolic OH excluding ortho intramolecular Hbond substituents is 1. The number of phenols is 1. The Bertz CT molecular complexity index is 678. The zero-order chi connectivity index (χ0) is 16.1. The number of anilines is 1. The zero-order valence-electron chi connectivity index (χ0n) is 13.5. The maximum Gasteiger partial charge on any atom is 0.177 e. The van der Waals surface area contributed by atoms with Gasteiger partial charge < -0.3 is 10.0 Å². The summed E-state index contributed by atoms with van der Waals surface area (Å²) in [4.78, 5) is 6.40. The molecule has 1 aromatic heterocycles. The minimum absolute atomic E-state index is 0.123. The summed E-state index contributed by atoms with van der Waals surface area (Å²) >= 11 is 0. The third-order valence-electron chi connectivity index (χ3n) is 3.53. The molecule has 0 aliphatic carbocycles. The predicted octanol–water partition coefficient (Wildman–Crippen LogP) is 4.67. The summed E-state index contributed by atoms with van der Waals surface area (Å²) in [7, 11) is 0. The highest BCUT2D eigenvalue weighted by atomic mass is 16.3. The van der Waals surface area contributed by atoms with E-state index in [2.05, 4.69) is 34.0 Å². The van der Waals surface area contributed by atoms with Crippen LogP contribution in [0.3, 0.4) is 0 Å². The topological polar surface area (TPSA) is 61.1 Å². The van der Waals surface area contributed by atoms with Crippen LogP contribution in [0.4, 0.5) is 17.2 Å². The molecule has 5 heteroatoms. The van der Waals surface area contributed by atoms with Gasteiger partial charge in [0, 0.05) is 31.0 Å². The van der Waals surface area contributed by atoms with Gasteiger partial charge >= 0.3 is 0 Å². The lowest BCUT2D eigenvalue weighted by atomic mass is 10.2. The fraction of sp³-hybridized carbons (Fsp3) is 0.353. The normalized spacial score (nSPS) is 11.1. The van der Waals surface area contributed by atoms with Crippen molar-refractivity contribution in [2.45, 2.75) is 27.7 Å². The maximum absolute atomic E-state index is 10.1. The quantitative estimate of drug-likeness (QED) is 0.816. The fourth-order valence-corrected chi connectivity index (χ4v) is 2.30. The Hall–Kier alpha value is -2.43. The van der Waals surface area contributed by atoms with E-state index in [1.807, 2.05) is 26.0 Å². The first-order chi connectivity index (χ1) is 10.5. The summed E-state index contributed by atoms with van der Waals surface area (Å²) < 4.78 is 0. The van der Waals surface area contributed by atoms with Crippen molar-refractivity contribution in [3.05, 3.63) is 41.6 Å². The van der Waals surface area contributed by atoms with Gasteiger partial charge in [0.05, 0.1) is 0 Å². The number of rotatable bonds is 5. The van der Waals surface area contributed by atoms with E-state index in [9.17, 15) is 5.11 Å². The number of azo groups is 1. The van der Waals surface area contributed by atoms with Gasteiger partial charge in [0.2, 0.25) is 0 Å². The lowest BCUT2D eigenvalue weighted by molar-refractivity contribution is 0.476. The van der Waals surface area contributed by atoms with Crippen LogP contribution in [0.25, 0.3) is 0 Å². The van der Waals surface area contributed by atoms with E-state index in [4.69, 9.17) is 0 Å². The molecule has 1 heterocycles. The van der Waals surface area contributed by atoms with Crippen molar-refractivity contribution < 1.29 is 5.11 Å². The van der Waals surface area contributed by atoms with Crippen LogP contribution in [0.2, 0.25) is 0 Å². The smallest absolute Gasteiger partial charge is 0.177 e. The Morgan fingerprint density at radius 3 is 2.41 bits per heavy atom. The van der Waals surface area contributed by atoms with E-state index in [1.165, 1.54) is 0 Å². The summed E-state index contributed by atoms with van der Waals surface area (Å²) in [6.07, 6.45) is 1.75. The molecule has 2 rings (SSSR count). The first kappa shape index (κ1) is 15.9. The molecule has 1 aromatic carbocycles. The van der Waals surface area contributed by atoms with Crippen molar-refractivity contribution in [3.8, 4) is 5.75 Å². The molecule has 2 aromatic rings. The van der Waals surface area contributed by atoms with Gasteiger partial charge in [0.1, 0.15) is 11.4 Å². The van der Waals surface area contributed by atoms with Crippen molar-refractivity contribution in [1.82, 2.24) is 4.98 Å². The van der Waals surface area contributed by atoms with Crippen molar-refractivity contribution in [2.24, 2.45) is 10.2 Å². The molecule has 0 aliphatic heterocycles. The average molecular weight is 298 g/mol. The van der Waals surface area contributed by atoms with Crippen molar-refractivity contribution in [2.75, 3.05) is 18.0 Å². The molecule has 5 nitrogen and oxygen atoms in total. The number of aromatic hydroxyl groups is 1. The molecule has 1 N–H and O–H groups in total. The molecule has 0 spiro atoms. The van der Waals surface area contributed by atoms with Gasteiger partial charge in [-0.2, -0.15) is 0 Å². The Morgan fingerprint density at radius 1 is 1.09 bits per heavy atom. The summed E-state index contributed by atoms with van der Waals surface area (Å²) in [5.41, 5.74) is 3.47. The van der Waals surface area contributed by atoms with Gasteiger partial charge in [0.15, 0.2) is 5.82 Å². The van der Waals surface area contributed by atoms with E-state index < -0.39 is 0 Å². The Labute approximate surface area is 131 Å². The van der Waals surface area contributed by atoms with Crippen LogP contribution < -0.4 is 4.90 Å². The van der Waals surface area contributed by atoms with Crippen molar-refractivity contribution >= 4 is 17.2 Å². The Kier molecular flexibility index (Phi) is 5.09. The summed E-state index contributed by atoms with van der Waals surface area (Å²) in [6, 6.07) is 7.44. The molecule has 0 saturated heterocycles. The van der Waals surface area contributed by atoms with Crippen LogP contribution in [0.1, 0.15) is 25.0 Å². The Balaban J connectivity index is 2.24. The number of aromatic nitrogens is 1. The maximum atomic E-state index is 10.1. The summed E-state index contributed by atoms with van der Waals surface area (Å²) in [5.74, 6) is 0.690. The van der Waals surface area contributed by atoms with Crippen molar-refractivity contribution in [3.63, 3.8) is 0 Å². The van der Waals surface area contributed by atoms with Gasteiger partial charge in [-0.3, -0.25) is 0 Å². The van der Waals surface area contributed by atoms with E-state index >= 15 is 0 Å². The van der Waals surface area contributed by atoms with Crippen LogP contribution in [0.5, 0.6) is 5.75 Å². The van der Waals surface area contributed by atoms with Crippen LogP contribution in [-0.2, 0) is 0 Å². The predicted molar refractivity (Wildman–Crippen MR) is 89.6 cm³/mol. The molecule has 22 heavy (non-hydrogen) atoms. The number of benzene rings is 1. The van der Waals surface area contributed by atoms with E-state index in [1.54, 1.807) is 18.3 Å². The summed E-state index contributed by atoms with van der Waals surface area (Å²) in [6.45, 7) is 9.88. The molecular formula is C17H22N4O. The third kappa shape index (κ3) is 3.61. The SMILES string of the molecule is CCN(CC)c1ccc(N=Nc2ncc(C)cc2C)c(O)c1. The minimum atomic E-state index is 0.123. The van der Waals surface area contributed by atoms with E-state index in [0.717, 1.165) is 29.9 Å². The highest BCUT2D eigenvalue weighted by Crippen LogP contribution is 2.32. The first-order valence-corrected chi connectivity index (χ1v) is 7.48. The number of nitrogens with zero attached hydrogens (tertiary/aromatic N) is 4. The molecule has 116 valence electrons. The highest BCUT2D eigenvalue weighted by Gasteiger charge is 2.07. The van der Waals surface area contributed by atoms with Gasteiger partial charge in [-0.1, -0.05) is 6.07 Å². The van der Waals surface area contributed by atoms with Crippen LogP contribution in [0.15, 0.2) is 40.7 Å². The molecule has 0 bridgehead atoms. The number of hydrogen-bond acceptors (Lipinski definition) is 5. The third-order valence-corrected chi connectivity index (χ3v) is 3.53. The Morgan fingerprint density at radius 2 is 1.82 bits per heavy atom.